The average Bonchev–Trinajstić information content (AvgIpc) is 2.99. The third kappa shape index (κ3) is 4.02. The summed E-state index contributed by atoms with van der Waals surface area (Å²) in [5.41, 5.74) is 4.17. The van der Waals surface area contributed by atoms with Gasteiger partial charge in [-0.1, -0.05) is 30.3 Å². The lowest BCUT2D eigenvalue weighted by molar-refractivity contribution is 0.0322. The minimum absolute atomic E-state index is 0.553. The first-order chi connectivity index (χ1) is 12.8. The highest BCUT2D eigenvalue weighted by Crippen LogP contribution is 2.33. The summed E-state index contributed by atoms with van der Waals surface area (Å²) >= 11 is 0. The fourth-order valence-corrected chi connectivity index (χ4v) is 3.88. The molecule has 0 bridgehead atoms. The van der Waals surface area contributed by atoms with Crippen LogP contribution in [-0.2, 0) is 17.7 Å². The van der Waals surface area contributed by atoms with E-state index in [0.29, 0.717) is 6.04 Å². The van der Waals surface area contributed by atoms with E-state index in [0.717, 1.165) is 58.2 Å². The van der Waals surface area contributed by atoms with Gasteiger partial charge in [0, 0.05) is 37.9 Å². The Labute approximate surface area is 156 Å². The van der Waals surface area contributed by atoms with Crippen LogP contribution in [0.25, 0.3) is 0 Å². The smallest absolute Gasteiger partial charge is 0.119 e. The minimum atomic E-state index is 0.553. The number of ether oxygens (including phenoxy) is 2. The van der Waals surface area contributed by atoms with Crippen LogP contribution in [0.4, 0.5) is 5.69 Å². The first kappa shape index (κ1) is 17.4. The first-order valence-corrected chi connectivity index (χ1v) is 9.66. The molecule has 0 radical (unpaired) electrons. The maximum atomic E-state index is 5.92. The molecule has 0 N–H and O–H groups in total. The van der Waals surface area contributed by atoms with Crippen LogP contribution >= 0.6 is 0 Å². The lowest BCUT2D eigenvalue weighted by atomic mass is 10.1. The number of para-hydroxylation sites is 1. The Bertz CT molecular complexity index is 710. The van der Waals surface area contributed by atoms with Crippen molar-refractivity contribution in [3.63, 3.8) is 0 Å². The van der Waals surface area contributed by atoms with Crippen molar-refractivity contribution in [1.82, 2.24) is 4.90 Å². The molecule has 0 spiro atoms. The maximum absolute atomic E-state index is 5.92. The Balaban J connectivity index is 1.30. The van der Waals surface area contributed by atoms with Gasteiger partial charge in [-0.25, -0.2) is 0 Å². The molecule has 26 heavy (non-hydrogen) atoms. The topological polar surface area (TPSA) is 24.9 Å². The predicted octanol–water partition coefficient (Wildman–Crippen LogP) is 3.35. The van der Waals surface area contributed by atoms with Gasteiger partial charge in [0.2, 0.25) is 0 Å². The highest BCUT2D eigenvalue weighted by Gasteiger charge is 2.25. The third-order valence-electron chi connectivity index (χ3n) is 5.40. The van der Waals surface area contributed by atoms with Gasteiger partial charge < -0.3 is 14.4 Å². The van der Waals surface area contributed by atoms with Crippen molar-refractivity contribution >= 4 is 5.69 Å². The molecular formula is C22H28N2O2. The number of hydrogen-bond acceptors (Lipinski definition) is 4. The summed E-state index contributed by atoms with van der Waals surface area (Å²) in [5.74, 6) is 0.955. The second-order valence-corrected chi connectivity index (χ2v) is 7.26. The van der Waals surface area contributed by atoms with Gasteiger partial charge in [0.15, 0.2) is 0 Å². The Morgan fingerprint density at radius 3 is 2.62 bits per heavy atom. The number of hydrogen-bond donors (Lipinski definition) is 0. The van der Waals surface area contributed by atoms with Crippen molar-refractivity contribution in [3.05, 3.63) is 59.7 Å². The van der Waals surface area contributed by atoms with E-state index in [1.165, 1.54) is 16.8 Å². The van der Waals surface area contributed by atoms with Crippen LogP contribution in [0.15, 0.2) is 48.5 Å². The van der Waals surface area contributed by atoms with Crippen molar-refractivity contribution < 1.29 is 9.47 Å². The molecule has 1 atom stereocenters. The molecule has 1 saturated heterocycles. The summed E-state index contributed by atoms with van der Waals surface area (Å²) in [5, 5.41) is 0. The van der Waals surface area contributed by atoms with Crippen molar-refractivity contribution in [2.45, 2.75) is 25.9 Å². The zero-order chi connectivity index (χ0) is 17.8. The van der Waals surface area contributed by atoms with Gasteiger partial charge in [-0.3, -0.25) is 4.90 Å². The van der Waals surface area contributed by atoms with Crippen molar-refractivity contribution in [2.75, 3.05) is 44.4 Å². The Kier molecular flexibility index (Phi) is 5.42. The Hall–Kier alpha value is -2.04. The lowest BCUT2D eigenvalue weighted by Gasteiger charge is -2.26. The number of benzene rings is 2. The van der Waals surface area contributed by atoms with E-state index >= 15 is 0 Å². The van der Waals surface area contributed by atoms with E-state index in [-0.39, 0.29) is 0 Å². The van der Waals surface area contributed by atoms with Crippen LogP contribution in [-0.4, -0.2) is 50.4 Å². The molecule has 2 aliphatic heterocycles. The third-order valence-corrected chi connectivity index (χ3v) is 5.40. The summed E-state index contributed by atoms with van der Waals surface area (Å²) in [7, 11) is 0. The zero-order valence-electron chi connectivity index (χ0n) is 15.6. The highest BCUT2D eigenvalue weighted by molar-refractivity contribution is 5.59. The summed E-state index contributed by atoms with van der Waals surface area (Å²) < 4.78 is 11.3. The number of nitrogens with zero attached hydrogens (tertiary/aromatic N) is 2. The van der Waals surface area contributed by atoms with E-state index in [1.807, 2.05) is 0 Å². The molecule has 0 saturated carbocycles. The molecule has 1 fully saturated rings. The minimum Gasteiger partial charge on any atom is -0.492 e. The molecule has 138 valence electrons. The van der Waals surface area contributed by atoms with E-state index in [2.05, 4.69) is 65.3 Å². The number of rotatable bonds is 6. The van der Waals surface area contributed by atoms with E-state index in [9.17, 15) is 0 Å². The van der Waals surface area contributed by atoms with Crippen LogP contribution < -0.4 is 9.64 Å². The molecule has 4 heteroatoms. The summed E-state index contributed by atoms with van der Waals surface area (Å²) in [6.45, 7) is 8.66. The van der Waals surface area contributed by atoms with E-state index in [1.54, 1.807) is 0 Å². The molecule has 2 aromatic carbocycles. The predicted molar refractivity (Wildman–Crippen MR) is 105 cm³/mol. The maximum Gasteiger partial charge on any atom is 0.119 e. The van der Waals surface area contributed by atoms with E-state index < -0.39 is 0 Å². The second-order valence-electron chi connectivity index (χ2n) is 7.26. The quantitative estimate of drug-likeness (QED) is 0.796. The van der Waals surface area contributed by atoms with Crippen LogP contribution in [0, 0.1) is 0 Å². The van der Waals surface area contributed by atoms with Gasteiger partial charge in [-0.05, 0) is 42.7 Å². The molecule has 2 aromatic rings. The second kappa shape index (κ2) is 8.11. The molecular weight excluding hydrogens is 324 g/mol. The monoisotopic (exact) mass is 352 g/mol. The summed E-state index contributed by atoms with van der Waals surface area (Å²) in [4.78, 5) is 4.90. The fraction of sp³-hybridized carbons (Fsp3) is 0.455. The SMILES string of the molecule is CC1Cc2ccccc2N1Cc1ccc(OCCN2CCOCC2)cc1. The van der Waals surface area contributed by atoms with E-state index in [4.69, 9.17) is 9.47 Å². The summed E-state index contributed by atoms with van der Waals surface area (Å²) in [6, 6.07) is 17.9. The molecule has 2 aliphatic rings. The van der Waals surface area contributed by atoms with Crippen LogP contribution in [0.1, 0.15) is 18.1 Å². The number of anilines is 1. The highest BCUT2D eigenvalue weighted by atomic mass is 16.5. The number of fused-ring (bicyclic) bond motifs is 1. The van der Waals surface area contributed by atoms with Crippen molar-refractivity contribution in [3.8, 4) is 5.75 Å². The number of morpholine rings is 1. The van der Waals surface area contributed by atoms with Crippen LogP contribution in [0.5, 0.6) is 5.75 Å². The Morgan fingerprint density at radius 2 is 1.81 bits per heavy atom. The molecule has 4 rings (SSSR count). The fourth-order valence-electron chi connectivity index (χ4n) is 3.88. The Morgan fingerprint density at radius 1 is 1.04 bits per heavy atom. The molecule has 0 aliphatic carbocycles. The van der Waals surface area contributed by atoms with Gasteiger partial charge in [-0.15, -0.1) is 0 Å². The summed E-state index contributed by atoms with van der Waals surface area (Å²) in [6.07, 6.45) is 1.14. The molecule has 0 aromatic heterocycles. The average molecular weight is 352 g/mol. The molecule has 1 unspecified atom stereocenters. The van der Waals surface area contributed by atoms with Crippen LogP contribution in [0.2, 0.25) is 0 Å². The molecule has 0 amide bonds. The van der Waals surface area contributed by atoms with Crippen LogP contribution in [0.3, 0.4) is 0 Å². The normalized spacial score (nSPS) is 20.2. The van der Waals surface area contributed by atoms with Crippen molar-refractivity contribution in [2.24, 2.45) is 0 Å². The largest absolute Gasteiger partial charge is 0.492 e. The van der Waals surface area contributed by atoms with Gasteiger partial charge in [-0.2, -0.15) is 0 Å². The van der Waals surface area contributed by atoms with Gasteiger partial charge in [0.25, 0.3) is 0 Å². The standard InChI is InChI=1S/C22H28N2O2/c1-18-16-20-4-2-3-5-22(20)24(18)17-19-6-8-21(9-7-19)26-15-12-23-10-13-25-14-11-23/h2-9,18H,10-17H2,1H3. The molecule has 2 heterocycles. The van der Waals surface area contributed by atoms with Gasteiger partial charge in [0.05, 0.1) is 13.2 Å². The first-order valence-electron chi connectivity index (χ1n) is 9.66. The lowest BCUT2D eigenvalue weighted by Crippen LogP contribution is -2.38. The van der Waals surface area contributed by atoms with Crippen molar-refractivity contribution in [1.29, 1.82) is 0 Å². The molecule has 4 nitrogen and oxygen atoms in total. The van der Waals surface area contributed by atoms with Gasteiger partial charge in [0.1, 0.15) is 12.4 Å². The zero-order valence-corrected chi connectivity index (χ0v) is 15.6. The van der Waals surface area contributed by atoms with Gasteiger partial charge >= 0.3 is 0 Å².